The van der Waals surface area contributed by atoms with Crippen LogP contribution in [0.5, 0.6) is 0 Å². The van der Waals surface area contributed by atoms with E-state index in [4.69, 9.17) is 5.11 Å². The molecular weight excluding hydrogens is 162 g/mol. The average molecular weight is 185 g/mol. The Morgan fingerprint density at radius 2 is 2.08 bits per heavy atom. The van der Waals surface area contributed by atoms with E-state index < -0.39 is 0 Å². The minimum Gasteiger partial charge on any atom is -0.395 e. The Labute approximate surface area is 81.7 Å². The van der Waals surface area contributed by atoms with Gasteiger partial charge in [0.15, 0.2) is 0 Å². The first kappa shape index (κ1) is 11.0. The zero-order valence-electron chi connectivity index (χ0n) is 9.09. The fourth-order valence-corrected chi connectivity index (χ4v) is 2.18. The molecule has 0 amide bonds. The molecule has 2 N–H and O–H groups in total. The summed E-state index contributed by atoms with van der Waals surface area (Å²) in [6, 6.07) is 0.864. The van der Waals surface area contributed by atoms with Crippen LogP contribution >= 0.6 is 0 Å². The third kappa shape index (κ3) is 3.28. The number of aliphatic hydroxyl groups excluding tert-OH is 1. The summed E-state index contributed by atoms with van der Waals surface area (Å²) in [6.07, 6.45) is 3.97. The zero-order chi connectivity index (χ0) is 9.84. The van der Waals surface area contributed by atoms with Crippen LogP contribution in [0.1, 0.15) is 40.0 Å². The molecule has 0 aromatic carbocycles. The maximum Gasteiger partial charge on any atom is 0.0582 e. The Morgan fingerprint density at radius 3 is 2.69 bits per heavy atom. The van der Waals surface area contributed by atoms with Gasteiger partial charge in [-0.2, -0.15) is 0 Å². The number of rotatable bonds is 3. The van der Waals surface area contributed by atoms with Crippen LogP contribution in [-0.2, 0) is 0 Å². The molecule has 78 valence electrons. The molecule has 1 fully saturated rings. The van der Waals surface area contributed by atoms with E-state index in [0.29, 0.717) is 6.04 Å². The van der Waals surface area contributed by atoms with E-state index in [1.165, 1.54) is 19.3 Å². The van der Waals surface area contributed by atoms with Crippen LogP contribution in [0, 0.1) is 11.8 Å². The summed E-state index contributed by atoms with van der Waals surface area (Å²) in [5, 5.41) is 12.5. The number of hydrogen-bond acceptors (Lipinski definition) is 2. The third-order valence-corrected chi connectivity index (χ3v) is 3.23. The fourth-order valence-electron chi connectivity index (χ4n) is 2.18. The van der Waals surface area contributed by atoms with Gasteiger partial charge in [-0.25, -0.2) is 0 Å². The van der Waals surface area contributed by atoms with Crippen LogP contribution in [-0.4, -0.2) is 23.8 Å². The van der Waals surface area contributed by atoms with Crippen LogP contribution < -0.4 is 5.32 Å². The van der Waals surface area contributed by atoms with Crippen LogP contribution in [0.4, 0.5) is 0 Å². The molecule has 4 atom stereocenters. The SMILES string of the molecule is CC1CCC(C)C(N[C@H](C)CO)C1. The second-order valence-electron chi connectivity index (χ2n) is 4.75. The van der Waals surface area contributed by atoms with Crippen molar-refractivity contribution in [3.8, 4) is 0 Å². The van der Waals surface area contributed by atoms with Crippen molar-refractivity contribution in [3.63, 3.8) is 0 Å². The molecule has 1 aliphatic rings. The van der Waals surface area contributed by atoms with E-state index in [9.17, 15) is 0 Å². The van der Waals surface area contributed by atoms with Crippen LogP contribution in [0.25, 0.3) is 0 Å². The minimum atomic E-state index is 0.248. The van der Waals surface area contributed by atoms with Crippen LogP contribution in [0.2, 0.25) is 0 Å². The Bertz CT molecular complexity index is 149. The molecule has 0 aromatic heterocycles. The molecule has 2 nitrogen and oxygen atoms in total. The lowest BCUT2D eigenvalue weighted by atomic mass is 9.80. The summed E-state index contributed by atoms with van der Waals surface area (Å²) < 4.78 is 0. The Balaban J connectivity index is 2.37. The van der Waals surface area contributed by atoms with Crippen molar-refractivity contribution in [3.05, 3.63) is 0 Å². The van der Waals surface area contributed by atoms with E-state index in [1.54, 1.807) is 0 Å². The van der Waals surface area contributed by atoms with Crippen molar-refractivity contribution >= 4 is 0 Å². The second-order valence-corrected chi connectivity index (χ2v) is 4.75. The Hall–Kier alpha value is -0.0800. The molecule has 0 aliphatic heterocycles. The zero-order valence-corrected chi connectivity index (χ0v) is 9.09. The molecule has 0 saturated heterocycles. The molecular formula is C11H23NO. The standard InChI is InChI=1S/C11H23NO/c1-8-4-5-9(2)11(6-8)12-10(3)7-13/h8-13H,4-7H2,1-3H3/t8?,9?,10-,11?/m1/s1. The molecule has 0 radical (unpaired) electrons. The van der Waals surface area contributed by atoms with Gasteiger partial charge in [0.1, 0.15) is 0 Å². The van der Waals surface area contributed by atoms with Gasteiger partial charge >= 0.3 is 0 Å². The van der Waals surface area contributed by atoms with Gasteiger partial charge in [-0.1, -0.05) is 20.3 Å². The number of nitrogens with one attached hydrogen (secondary N) is 1. The van der Waals surface area contributed by atoms with E-state index in [-0.39, 0.29) is 12.6 Å². The smallest absolute Gasteiger partial charge is 0.0582 e. The lowest BCUT2D eigenvalue weighted by Crippen LogP contribution is -2.45. The van der Waals surface area contributed by atoms with Crippen molar-refractivity contribution in [2.75, 3.05) is 6.61 Å². The van der Waals surface area contributed by atoms with E-state index >= 15 is 0 Å². The maximum atomic E-state index is 8.96. The molecule has 1 rings (SSSR count). The summed E-state index contributed by atoms with van der Waals surface area (Å²) in [5.74, 6) is 1.62. The number of hydrogen-bond donors (Lipinski definition) is 2. The summed E-state index contributed by atoms with van der Waals surface area (Å²) >= 11 is 0. The van der Waals surface area contributed by atoms with Gasteiger partial charge in [-0.05, 0) is 31.6 Å². The molecule has 1 saturated carbocycles. The highest BCUT2D eigenvalue weighted by Crippen LogP contribution is 2.28. The summed E-state index contributed by atoms with van der Waals surface area (Å²) in [7, 11) is 0. The van der Waals surface area contributed by atoms with Crippen molar-refractivity contribution in [1.29, 1.82) is 0 Å². The monoisotopic (exact) mass is 185 g/mol. The van der Waals surface area contributed by atoms with Gasteiger partial charge in [-0.3, -0.25) is 0 Å². The van der Waals surface area contributed by atoms with Crippen LogP contribution in [0.3, 0.4) is 0 Å². The quantitative estimate of drug-likeness (QED) is 0.702. The molecule has 0 aromatic rings. The molecule has 0 spiro atoms. The topological polar surface area (TPSA) is 32.3 Å². The first-order valence-corrected chi connectivity index (χ1v) is 5.50. The van der Waals surface area contributed by atoms with E-state index in [2.05, 4.69) is 19.2 Å². The van der Waals surface area contributed by atoms with E-state index in [1.807, 2.05) is 6.92 Å². The van der Waals surface area contributed by atoms with Crippen molar-refractivity contribution in [2.45, 2.75) is 52.1 Å². The molecule has 0 heterocycles. The van der Waals surface area contributed by atoms with Gasteiger partial charge in [0.05, 0.1) is 6.61 Å². The lowest BCUT2D eigenvalue weighted by Gasteiger charge is -2.35. The fraction of sp³-hybridized carbons (Fsp3) is 1.00. The normalized spacial score (nSPS) is 37.4. The molecule has 2 heteroatoms. The highest BCUT2D eigenvalue weighted by molar-refractivity contribution is 4.82. The van der Waals surface area contributed by atoms with Crippen molar-refractivity contribution in [2.24, 2.45) is 11.8 Å². The van der Waals surface area contributed by atoms with Crippen molar-refractivity contribution in [1.82, 2.24) is 5.32 Å². The molecule has 1 aliphatic carbocycles. The highest BCUT2D eigenvalue weighted by Gasteiger charge is 2.25. The average Bonchev–Trinajstić information content (AvgIpc) is 2.11. The van der Waals surface area contributed by atoms with Gasteiger partial charge in [0, 0.05) is 12.1 Å². The molecule has 0 bridgehead atoms. The van der Waals surface area contributed by atoms with Crippen LogP contribution in [0.15, 0.2) is 0 Å². The predicted molar refractivity (Wildman–Crippen MR) is 55.7 cm³/mol. The summed E-state index contributed by atoms with van der Waals surface area (Å²) in [6.45, 7) is 6.93. The minimum absolute atomic E-state index is 0.248. The van der Waals surface area contributed by atoms with Crippen molar-refractivity contribution < 1.29 is 5.11 Å². The molecule has 3 unspecified atom stereocenters. The van der Waals surface area contributed by atoms with Gasteiger partial charge in [0.2, 0.25) is 0 Å². The maximum absolute atomic E-state index is 8.96. The Morgan fingerprint density at radius 1 is 1.38 bits per heavy atom. The third-order valence-electron chi connectivity index (χ3n) is 3.23. The lowest BCUT2D eigenvalue weighted by molar-refractivity contribution is 0.182. The van der Waals surface area contributed by atoms with Gasteiger partial charge in [-0.15, -0.1) is 0 Å². The number of aliphatic hydroxyl groups is 1. The Kier molecular flexibility index (Phi) is 4.20. The van der Waals surface area contributed by atoms with E-state index in [0.717, 1.165) is 11.8 Å². The first-order valence-electron chi connectivity index (χ1n) is 5.50. The highest BCUT2D eigenvalue weighted by atomic mass is 16.3. The molecule has 13 heavy (non-hydrogen) atoms. The van der Waals surface area contributed by atoms with Gasteiger partial charge in [0.25, 0.3) is 0 Å². The predicted octanol–water partition coefficient (Wildman–Crippen LogP) is 1.78. The first-order chi connectivity index (χ1) is 6.13. The largest absolute Gasteiger partial charge is 0.395 e. The summed E-state index contributed by atoms with van der Waals surface area (Å²) in [5.41, 5.74) is 0. The van der Waals surface area contributed by atoms with Gasteiger partial charge < -0.3 is 10.4 Å². The second kappa shape index (κ2) is 4.97. The summed E-state index contributed by atoms with van der Waals surface area (Å²) in [4.78, 5) is 0.